The predicted molar refractivity (Wildman–Crippen MR) is 73.3 cm³/mol. The van der Waals surface area contributed by atoms with E-state index in [-0.39, 0.29) is 26.9 Å². The van der Waals surface area contributed by atoms with Crippen molar-refractivity contribution in [3.8, 4) is 5.69 Å². The van der Waals surface area contributed by atoms with Crippen LogP contribution >= 0.6 is 27.7 Å². The van der Waals surface area contributed by atoms with E-state index in [0.717, 1.165) is 28.5 Å². The van der Waals surface area contributed by atoms with E-state index in [9.17, 15) is 18.7 Å². The zero-order chi connectivity index (χ0) is 15.6. The Labute approximate surface area is 129 Å². The minimum atomic E-state index is -1.09. The predicted octanol–water partition coefficient (Wildman–Crippen LogP) is 1.98. The molecule has 10 heteroatoms. The molecule has 1 aromatic carbocycles. The highest BCUT2D eigenvalue weighted by molar-refractivity contribution is 9.10. The highest BCUT2D eigenvalue weighted by Crippen LogP contribution is 2.27. The maximum absolute atomic E-state index is 14.0. The maximum Gasteiger partial charge on any atom is 0.313 e. The molecule has 0 radical (unpaired) electrons. The second kappa shape index (κ2) is 6.50. The number of aromatic nitrogens is 3. The van der Waals surface area contributed by atoms with Crippen LogP contribution in [0, 0.1) is 11.6 Å². The molecule has 112 valence electrons. The van der Waals surface area contributed by atoms with Gasteiger partial charge in [0.05, 0.1) is 15.9 Å². The van der Waals surface area contributed by atoms with Gasteiger partial charge in [-0.15, -0.1) is 10.2 Å². The molecule has 1 heterocycles. The first-order chi connectivity index (χ1) is 9.93. The third-order valence-corrected chi connectivity index (χ3v) is 3.92. The number of aliphatic hydroxyl groups excluding tert-OH is 1. The molecule has 0 aliphatic rings. The van der Waals surface area contributed by atoms with Gasteiger partial charge in [0, 0.05) is 6.07 Å². The van der Waals surface area contributed by atoms with Crippen molar-refractivity contribution in [1.82, 2.24) is 14.8 Å². The number of aliphatic carboxylic acids is 1. The summed E-state index contributed by atoms with van der Waals surface area (Å²) in [5.74, 6) is -2.93. The molecule has 0 aliphatic heterocycles. The molecule has 0 fully saturated rings. The third kappa shape index (κ3) is 3.39. The molecular weight excluding hydrogens is 372 g/mol. The highest BCUT2D eigenvalue weighted by atomic mass is 79.9. The number of hydrogen-bond acceptors (Lipinski definition) is 5. The number of nitrogens with zero attached hydrogens (tertiary/aromatic N) is 3. The molecule has 0 spiro atoms. The summed E-state index contributed by atoms with van der Waals surface area (Å²) in [6.07, 6.45) is 0. The summed E-state index contributed by atoms with van der Waals surface area (Å²) < 4.78 is 28.6. The summed E-state index contributed by atoms with van der Waals surface area (Å²) in [7, 11) is 0. The second-order valence-corrected chi connectivity index (χ2v) is 5.59. The molecule has 2 aromatic rings. The van der Waals surface area contributed by atoms with Gasteiger partial charge in [0.1, 0.15) is 18.2 Å². The largest absolute Gasteiger partial charge is 0.481 e. The van der Waals surface area contributed by atoms with Crippen LogP contribution in [0.2, 0.25) is 0 Å². The van der Waals surface area contributed by atoms with Crippen molar-refractivity contribution >= 4 is 33.7 Å². The van der Waals surface area contributed by atoms with Crippen LogP contribution in [0.25, 0.3) is 5.69 Å². The average Bonchev–Trinajstić information content (AvgIpc) is 2.83. The minimum absolute atomic E-state index is 0.0245. The summed E-state index contributed by atoms with van der Waals surface area (Å²) in [4.78, 5) is 10.6. The van der Waals surface area contributed by atoms with Crippen molar-refractivity contribution in [2.24, 2.45) is 0 Å². The molecule has 1 aromatic heterocycles. The molecule has 0 bridgehead atoms. The molecule has 0 saturated heterocycles. The van der Waals surface area contributed by atoms with E-state index in [1.54, 1.807) is 0 Å². The normalized spacial score (nSPS) is 10.9. The Morgan fingerprint density at radius 3 is 2.67 bits per heavy atom. The number of hydrogen-bond donors (Lipinski definition) is 2. The summed E-state index contributed by atoms with van der Waals surface area (Å²) >= 11 is 3.64. The lowest BCUT2D eigenvalue weighted by molar-refractivity contribution is -0.133. The molecule has 0 unspecified atom stereocenters. The summed E-state index contributed by atoms with van der Waals surface area (Å²) in [5.41, 5.74) is -0.211. The van der Waals surface area contributed by atoms with Crippen LogP contribution in [0.5, 0.6) is 0 Å². The zero-order valence-corrected chi connectivity index (χ0v) is 12.7. The van der Waals surface area contributed by atoms with Crippen LogP contribution in [-0.4, -0.2) is 36.7 Å². The Bertz CT molecular complexity index is 696. The fourth-order valence-corrected chi connectivity index (χ4v) is 2.55. The third-order valence-electron chi connectivity index (χ3n) is 2.40. The lowest BCUT2D eigenvalue weighted by atomic mass is 10.3. The number of halogens is 3. The zero-order valence-electron chi connectivity index (χ0n) is 10.3. The van der Waals surface area contributed by atoms with Crippen molar-refractivity contribution in [3.05, 3.63) is 34.1 Å². The van der Waals surface area contributed by atoms with E-state index in [4.69, 9.17) is 5.11 Å². The molecule has 2 rings (SSSR count). The van der Waals surface area contributed by atoms with Crippen LogP contribution in [0.1, 0.15) is 5.82 Å². The summed E-state index contributed by atoms with van der Waals surface area (Å²) in [6.45, 7) is -0.558. The van der Waals surface area contributed by atoms with Gasteiger partial charge in [-0.3, -0.25) is 9.36 Å². The number of rotatable bonds is 5. The van der Waals surface area contributed by atoms with Gasteiger partial charge in [0.15, 0.2) is 11.0 Å². The standard InChI is InChI=1S/C11H8BrF2N3O3S/c12-5-1-7(14)8(2-6(5)13)17-9(3-18)15-16-11(17)21-4-10(19)20/h1-2,18H,3-4H2,(H,19,20). The monoisotopic (exact) mass is 379 g/mol. The van der Waals surface area contributed by atoms with Crippen LogP contribution < -0.4 is 0 Å². The fraction of sp³-hybridized carbons (Fsp3) is 0.182. The first-order valence-electron chi connectivity index (χ1n) is 5.48. The van der Waals surface area contributed by atoms with Gasteiger partial charge < -0.3 is 10.2 Å². The number of carboxylic acids is 1. The Morgan fingerprint density at radius 1 is 1.33 bits per heavy atom. The first kappa shape index (κ1) is 15.9. The van der Waals surface area contributed by atoms with E-state index >= 15 is 0 Å². The molecular formula is C11H8BrF2N3O3S. The molecule has 0 atom stereocenters. The van der Waals surface area contributed by atoms with Gasteiger partial charge in [0.25, 0.3) is 0 Å². The second-order valence-electron chi connectivity index (χ2n) is 3.79. The van der Waals surface area contributed by atoms with Gasteiger partial charge in [-0.25, -0.2) is 8.78 Å². The van der Waals surface area contributed by atoms with Crippen molar-refractivity contribution in [1.29, 1.82) is 0 Å². The molecule has 2 N–H and O–H groups in total. The SMILES string of the molecule is O=C(O)CSc1nnc(CO)n1-c1cc(F)c(Br)cc1F. The molecule has 0 aliphatic carbocycles. The molecule has 21 heavy (non-hydrogen) atoms. The van der Waals surface area contributed by atoms with Crippen molar-refractivity contribution in [2.45, 2.75) is 11.8 Å². The highest BCUT2D eigenvalue weighted by Gasteiger charge is 2.19. The van der Waals surface area contributed by atoms with Crippen molar-refractivity contribution in [3.63, 3.8) is 0 Å². The summed E-state index contributed by atoms with van der Waals surface area (Å²) in [5, 5.41) is 25.2. The lowest BCUT2D eigenvalue weighted by Crippen LogP contribution is -2.07. The number of carboxylic acid groups (broad SMARTS) is 1. The van der Waals surface area contributed by atoms with Crippen molar-refractivity contribution in [2.75, 3.05) is 5.75 Å². The van der Waals surface area contributed by atoms with Crippen LogP contribution in [0.15, 0.2) is 21.8 Å². The quantitative estimate of drug-likeness (QED) is 0.609. The van der Waals surface area contributed by atoms with E-state index in [0.29, 0.717) is 0 Å². The molecule has 0 saturated carbocycles. The van der Waals surface area contributed by atoms with Crippen LogP contribution in [0.4, 0.5) is 8.78 Å². The van der Waals surface area contributed by atoms with Crippen LogP contribution in [0.3, 0.4) is 0 Å². The average molecular weight is 380 g/mol. The Hall–Kier alpha value is -1.52. The number of aliphatic hydroxyl groups is 1. The van der Waals surface area contributed by atoms with E-state index < -0.39 is 24.2 Å². The van der Waals surface area contributed by atoms with Crippen LogP contribution in [-0.2, 0) is 11.4 Å². The van der Waals surface area contributed by atoms with Gasteiger partial charge in [-0.05, 0) is 22.0 Å². The molecule has 0 amide bonds. The van der Waals surface area contributed by atoms with Crippen molar-refractivity contribution < 1.29 is 23.8 Å². The minimum Gasteiger partial charge on any atom is -0.481 e. The maximum atomic E-state index is 14.0. The molecule has 6 nitrogen and oxygen atoms in total. The fourth-order valence-electron chi connectivity index (χ4n) is 1.55. The van der Waals surface area contributed by atoms with E-state index in [1.165, 1.54) is 0 Å². The number of benzene rings is 1. The van der Waals surface area contributed by atoms with E-state index in [2.05, 4.69) is 26.1 Å². The first-order valence-corrected chi connectivity index (χ1v) is 7.26. The summed E-state index contributed by atoms with van der Waals surface area (Å²) in [6, 6.07) is 1.84. The Kier molecular flexibility index (Phi) is 4.91. The smallest absolute Gasteiger partial charge is 0.313 e. The Balaban J connectivity index is 2.53. The lowest BCUT2D eigenvalue weighted by Gasteiger charge is -2.10. The number of carbonyl (C=O) groups is 1. The Morgan fingerprint density at radius 2 is 2.05 bits per heavy atom. The van der Waals surface area contributed by atoms with Gasteiger partial charge in [-0.2, -0.15) is 0 Å². The topological polar surface area (TPSA) is 88.2 Å². The van der Waals surface area contributed by atoms with Gasteiger partial charge in [-0.1, -0.05) is 11.8 Å². The van der Waals surface area contributed by atoms with Gasteiger partial charge >= 0.3 is 5.97 Å². The van der Waals surface area contributed by atoms with Gasteiger partial charge in [0.2, 0.25) is 0 Å². The van der Waals surface area contributed by atoms with E-state index in [1.807, 2.05) is 0 Å². The number of thioether (sulfide) groups is 1.